The number of benzene rings is 4. The second kappa shape index (κ2) is 16.2. The molecule has 1 aliphatic carbocycles. The molecule has 1 radical (unpaired) electrons. The van der Waals surface area contributed by atoms with Gasteiger partial charge in [0, 0.05) is 53.0 Å². The van der Waals surface area contributed by atoms with Crippen molar-refractivity contribution in [1.82, 2.24) is 9.97 Å². The first-order valence-electron chi connectivity index (χ1n) is 18.0. The number of aliphatic hydroxyl groups excluding tert-OH is 1. The molecule has 1 aliphatic rings. The average molecular weight is 872 g/mol. The normalized spacial score (nSPS) is 12.8. The third kappa shape index (κ3) is 7.51. The smallest absolute Gasteiger partial charge is 0.164 e. The van der Waals surface area contributed by atoms with E-state index in [0.29, 0.717) is 0 Å². The van der Waals surface area contributed by atoms with Crippen LogP contribution in [0.25, 0.3) is 53.8 Å². The second-order valence-electron chi connectivity index (χ2n) is 13.9. The van der Waals surface area contributed by atoms with Crippen LogP contribution < -0.4 is 0 Å². The number of nitrogens with zero attached hydrogens (tertiary/aromatic N) is 2. The molecule has 4 aromatic carbocycles. The van der Waals surface area contributed by atoms with Crippen LogP contribution in [0.1, 0.15) is 78.4 Å². The van der Waals surface area contributed by atoms with E-state index in [9.17, 15) is 9.90 Å². The van der Waals surface area contributed by atoms with Crippen molar-refractivity contribution in [3.8, 4) is 32.8 Å². The molecule has 0 unspecified atom stereocenters. The molecular formula is C45H47IrN2O2S-. The van der Waals surface area contributed by atoms with E-state index in [-0.39, 0.29) is 42.5 Å². The van der Waals surface area contributed by atoms with E-state index in [4.69, 9.17) is 4.98 Å². The molecule has 0 saturated carbocycles. The van der Waals surface area contributed by atoms with Crippen LogP contribution in [0.4, 0.5) is 0 Å². The molecule has 0 saturated heterocycles. The number of aryl methyl sites for hydroxylation is 2. The fourth-order valence-electron chi connectivity index (χ4n) is 6.77. The zero-order chi connectivity index (χ0) is 35.5. The van der Waals surface area contributed by atoms with E-state index in [2.05, 4.69) is 96.0 Å². The fraction of sp³-hybridized carbons (Fsp3) is 0.311. The van der Waals surface area contributed by atoms with Gasteiger partial charge in [-0.25, -0.2) is 4.98 Å². The van der Waals surface area contributed by atoms with Crippen LogP contribution in [0.5, 0.6) is 0 Å². The maximum absolute atomic E-state index is 12.2. The van der Waals surface area contributed by atoms with Crippen molar-refractivity contribution in [3.05, 3.63) is 120 Å². The second-order valence-corrected chi connectivity index (χ2v) is 14.9. The molecule has 7 rings (SSSR count). The molecular weight excluding hydrogens is 825 g/mol. The molecule has 265 valence electrons. The van der Waals surface area contributed by atoms with Crippen LogP contribution in [0, 0.1) is 16.9 Å². The topological polar surface area (TPSA) is 63.1 Å². The predicted molar refractivity (Wildman–Crippen MR) is 211 cm³/mol. The minimum Gasteiger partial charge on any atom is -0.512 e. The van der Waals surface area contributed by atoms with Crippen molar-refractivity contribution < 1.29 is 30.0 Å². The summed E-state index contributed by atoms with van der Waals surface area (Å²) in [4.78, 5) is 24.1. The Kier molecular flexibility index (Phi) is 12.1. The molecule has 51 heavy (non-hydrogen) atoms. The first-order chi connectivity index (χ1) is 24.2. The molecule has 6 heteroatoms. The number of fused-ring (bicyclic) bond motifs is 6. The molecule has 2 aromatic heterocycles. The summed E-state index contributed by atoms with van der Waals surface area (Å²) in [6, 6.07) is 33.8. The largest absolute Gasteiger partial charge is 0.512 e. The van der Waals surface area contributed by atoms with Crippen molar-refractivity contribution >= 4 is 38.1 Å². The van der Waals surface area contributed by atoms with Crippen molar-refractivity contribution in [2.45, 2.75) is 80.1 Å². The number of rotatable bonds is 9. The van der Waals surface area contributed by atoms with Crippen molar-refractivity contribution in [1.29, 1.82) is 0 Å². The molecule has 1 N–H and O–H groups in total. The standard InChI is InChI=1S/C30H19N2S.C15H28O2.Ir/c1-2-8-19(9-3-1)26-17-22(16-21-11-5-6-12-23(21)26)28-27-25-15-14-20-10-4-7-13-24(20)29(25)33-30(27)32-18-31-28;1-7-14(5,8-2)12(16)11-13(17)15(6,9-3)10-4;/h1-13,17-18H,14-15H2;11,16H,7-10H2,1-6H3;/q-1;;/b;12-11-;. The van der Waals surface area contributed by atoms with Gasteiger partial charge in [0.05, 0.1) is 0 Å². The molecule has 2 heterocycles. The summed E-state index contributed by atoms with van der Waals surface area (Å²) < 4.78 is 0. The fourth-order valence-corrected chi connectivity index (χ4v) is 8.02. The molecule has 0 fully saturated rings. The van der Waals surface area contributed by atoms with E-state index in [1.165, 1.54) is 49.5 Å². The van der Waals surface area contributed by atoms with Crippen molar-refractivity contribution in [2.24, 2.45) is 10.8 Å². The molecule has 0 amide bonds. The Balaban J connectivity index is 0.000000242. The van der Waals surface area contributed by atoms with E-state index in [1.807, 2.05) is 41.5 Å². The van der Waals surface area contributed by atoms with Crippen LogP contribution in [0.15, 0.2) is 103 Å². The van der Waals surface area contributed by atoms with Crippen molar-refractivity contribution in [3.63, 3.8) is 0 Å². The zero-order valence-electron chi connectivity index (χ0n) is 30.5. The molecule has 0 bridgehead atoms. The molecule has 0 atom stereocenters. The summed E-state index contributed by atoms with van der Waals surface area (Å²) in [5.41, 5.74) is 7.98. The summed E-state index contributed by atoms with van der Waals surface area (Å²) >= 11 is 1.79. The third-order valence-corrected chi connectivity index (χ3v) is 12.4. The number of hydrogen-bond acceptors (Lipinski definition) is 5. The minimum absolute atomic E-state index is 0. The zero-order valence-corrected chi connectivity index (χ0v) is 33.7. The SMILES string of the molecule is CCC(C)(CC)C(=O)/C=C(\O)C(C)(CC)CC.[Ir].[c-]1c(-c2ncnc3sc4c(c23)CCc2ccccc2-4)cc(-c2ccccc2)c2ccccc12. The van der Waals surface area contributed by atoms with E-state index in [0.717, 1.165) is 60.0 Å². The van der Waals surface area contributed by atoms with E-state index >= 15 is 0 Å². The van der Waals surface area contributed by atoms with Gasteiger partial charge in [-0.3, -0.25) is 9.78 Å². The first-order valence-corrected chi connectivity index (χ1v) is 18.8. The number of carbonyl (C=O) groups excluding carboxylic acids is 1. The van der Waals surface area contributed by atoms with Gasteiger partial charge in [0.15, 0.2) is 5.78 Å². The Hall–Kier alpha value is -3.96. The van der Waals surface area contributed by atoms with Crippen LogP contribution in [-0.2, 0) is 37.7 Å². The number of aliphatic hydroxyl groups is 1. The van der Waals surface area contributed by atoms with Gasteiger partial charge < -0.3 is 5.11 Å². The van der Waals surface area contributed by atoms with Crippen LogP contribution in [-0.4, -0.2) is 20.9 Å². The van der Waals surface area contributed by atoms with Gasteiger partial charge in [-0.1, -0.05) is 131 Å². The number of ketones is 1. The van der Waals surface area contributed by atoms with Crippen LogP contribution in [0.2, 0.25) is 0 Å². The van der Waals surface area contributed by atoms with Gasteiger partial charge in [0.1, 0.15) is 16.9 Å². The summed E-state index contributed by atoms with van der Waals surface area (Å²) in [7, 11) is 0. The Bertz CT molecular complexity index is 2180. The minimum atomic E-state index is -0.337. The summed E-state index contributed by atoms with van der Waals surface area (Å²) in [5.74, 6) is 0.286. The molecule has 0 spiro atoms. The summed E-state index contributed by atoms with van der Waals surface area (Å²) in [6.45, 7) is 12.1. The van der Waals surface area contributed by atoms with Gasteiger partial charge in [0.2, 0.25) is 0 Å². The van der Waals surface area contributed by atoms with Gasteiger partial charge in [-0.15, -0.1) is 34.9 Å². The van der Waals surface area contributed by atoms with Gasteiger partial charge in [0.25, 0.3) is 0 Å². The monoisotopic (exact) mass is 872 g/mol. The molecule has 6 aromatic rings. The maximum atomic E-state index is 12.2. The van der Waals surface area contributed by atoms with E-state index < -0.39 is 0 Å². The number of allylic oxidation sites excluding steroid dienone is 2. The molecule has 0 aliphatic heterocycles. The Morgan fingerprint density at radius 3 is 2.18 bits per heavy atom. The van der Waals surface area contributed by atoms with E-state index in [1.54, 1.807) is 17.7 Å². The maximum Gasteiger partial charge on any atom is 0.164 e. The summed E-state index contributed by atoms with van der Waals surface area (Å²) in [5, 5.41) is 13.6. The van der Waals surface area contributed by atoms with Gasteiger partial charge >= 0.3 is 0 Å². The summed E-state index contributed by atoms with van der Waals surface area (Å²) in [6.07, 6.45) is 8.53. The average Bonchev–Trinajstić information content (AvgIpc) is 3.57. The molecule has 4 nitrogen and oxygen atoms in total. The predicted octanol–water partition coefficient (Wildman–Crippen LogP) is 12.4. The Morgan fingerprint density at radius 1 is 0.824 bits per heavy atom. The number of carbonyl (C=O) groups is 1. The van der Waals surface area contributed by atoms with Crippen LogP contribution in [0.3, 0.4) is 0 Å². The van der Waals surface area contributed by atoms with Gasteiger partial charge in [-0.05, 0) is 60.8 Å². The number of thiophene rings is 1. The first kappa shape index (κ1) is 38.3. The third-order valence-electron chi connectivity index (χ3n) is 11.2. The van der Waals surface area contributed by atoms with Crippen molar-refractivity contribution in [2.75, 3.05) is 0 Å². The number of hydrogen-bond donors (Lipinski definition) is 1. The Morgan fingerprint density at radius 2 is 1.47 bits per heavy atom. The van der Waals surface area contributed by atoms with Crippen LogP contribution >= 0.6 is 11.3 Å². The van der Waals surface area contributed by atoms with Gasteiger partial charge in [-0.2, -0.15) is 0 Å². The number of aromatic nitrogens is 2. The quantitative estimate of drug-likeness (QED) is 0.0893. The Labute approximate surface area is 320 Å².